The van der Waals surface area contributed by atoms with Crippen LogP contribution in [-0.2, 0) is 10.0 Å². The second-order valence-corrected chi connectivity index (χ2v) is 8.89. The molecule has 2 saturated heterocycles. The lowest BCUT2D eigenvalue weighted by Gasteiger charge is -2.32. The van der Waals surface area contributed by atoms with Crippen LogP contribution in [0.15, 0.2) is 24.3 Å². The van der Waals surface area contributed by atoms with Crippen LogP contribution in [0.2, 0.25) is 0 Å². The van der Waals surface area contributed by atoms with Gasteiger partial charge in [-0.05, 0) is 56.5 Å². The van der Waals surface area contributed by atoms with Crippen LogP contribution in [0, 0.1) is 0 Å². The predicted octanol–water partition coefficient (Wildman–Crippen LogP) is 1.83. The van der Waals surface area contributed by atoms with E-state index < -0.39 is 10.0 Å². The molecule has 0 saturated carbocycles. The molecule has 1 N–H and O–H groups in total. The summed E-state index contributed by atoms with van der Waals surface area (Å²) < 4.78 is 25.3. The Hall–Kier alpha value is -1.60. The fourth-order valence-corrected chi connectivity index (χ4v) is 5.16. The van der Waals surface area contributed by atoms with Gasteiger partial charge in [0.05, 0.1) is 11.4 Å². The van der Waals surface area contributed by atoms with E-state index in [9.17, 15) is 13.2 Å². The van der Waals surface area contributed by atoms with Crippen LogP contribution in [0.3, 0.4) is 0 Å². The lowest BCUT2D eigenvalue weighted by Crippen LogP contribution is -2.44. The van der Waals surface area contributed by atoms with Crippen molar-refractivity contribution in [2.45, 2.75) is 38.6 Å². The molecule has 7 heteroatoms. The first-order chi connectivity index (χ1) is 12.0. The number of nitrogens with zero attached hydrogens (tertiary/aromatic N) is 2. The lowest BCUT2D eigenvalue weighted by atomic mass is 10.0. The fourth-order valence-electron chi connectivity index (χ4n) is 3.59. The molecule has 2 fully saturated rings. The number of hydrogen-bond acceptors (Lipinski definition) is 4. The first kappa shape index (κ1) is 18.2. The molecule has 0 radical (unpaired) electrons. The summed E-state index contributed by atoms with van der Waals surface area (Å²) in [5.74, 6) is 0.121. The molecule has 0 bridgehead atoms. The molecule has 0 atom stereocenters. The monoisotopic (exact) mass is 365 g/mol. The largest absolute Gasteiger partial charge is 0.349 e. The highest BCUT2D eigenvalue weighted by Gasteiger charge is 2.28. The summed E-state index contributed by atoms with van der Waals surface area (Å²) in [5.41, 5.74) is 1.22. The number of sulfonamides is 1. The van der Waals surface area contributed by atoms with Gasteiger partial charge < -0.3 is 10.2 Å². The minimum Gasteiger partial charge on any atom is -0.349 e. The first-order valence-electron chi connectivity index (χ1n) is 9.13. The Labute approximate surface area is 150 Å². The summed E-state index contributed by atoms with van der Waals surface area (Å²) in [7, 11) is -3.18. The van der Waals surface area contributed by atoms with Crippen molar-refractivity contribution < 1.29 is 13.2 Å². The van der Waals surface area contributed by atoms with Crippen LogP contribution in [0.1, 0.15) is 43.0 Å². The van der Waals surface area contributed by atoms with Crippen LogP contribution in [-0.4, -0.2) is 57.2 Å². The van der Waals surface area contributed by atoms with Crippen molar-refractivity contribution >= 4 is 21.6 Å². The average molecular weight is 365 g/mol. The number of benzene rings is 1. The van der Waals surface area contributed by atoms with E-state index in [0.717, 1.165) is 38.9 Å². The predicted molar refractivity (Wildman–Crippen MR) is 99.4 cm³/mol. The molecule has 2 aliphatic rings. The number of carbonyl (C=O) groups is 1. The number of anilines is 1. The number of rotatable bonds is 5. The molecule has 2 aliphatic heterocycles. The number of amides is 1. The van der Waals surface area contributed by atoms with Gasteiger partial charge in [-0.15, -0.1) is 0 Å². The molecule has 1 aromatic carbocycles. The van der Waals surface area contributed by atoms with Gasteiger partial charge in [0, 0.05) is 31.2 Å². The van der Waals surface area contributed by atoms with E-state index in [0.29, 0.717) is 24.2 Å². The summed E-state index contributed by atoms with van der Waals surface area (Å²) in [6.07, 6.45) is 3.78. The van der Waals surface area contributed by atoms with Gasteiger partial charge in [0.15, 0.2) is 0 Å². The summed E-state index contributed by atoms with van der Waals surface area (Å²) in [4.78, 5) is 14.9. The van der Waals surface area contributed by atoms with Gasteiger partial charge in [0.25, 0.3) is 5.91 Å². The third-order valence-electron chi connectivity index (χ3n) is 4.98. The van der Waals surface area contributed by atoms with Crippen molar-refractivity contribution in [3.05, 3.63) is 29.8 Å². The Kier molecular flexibility index (Phi) is 5.64. The lowest BCUT2D eigenvalue weighted by molar-refractivity contribution is 0.0911. The van der Waals surface area contributed by atoms with E-state index >= 15 is 0 Å². The number of carbonyl (C=O) groups excluding carboxylic acids is 1. The van der Waals surface area contributed by atoms with Gasteiger partial charge in [-0.3, -0.25) is 9.10 Å². The van der Waals surface area contributed by atoms with Crippen molar-refractivity contribution in [1.29, 1.82) is 0 Å². The zero-order valence-corrected chi connectivity index (χ0v) is 15.6. The molecular weight excluding hydrogens is 338 g/mol. The van der Waals surface area contributed by atoms with Gasteiger partial charge >= 0.3 is 0 Å². The zero-order chi connectivity index (χ0) is 17.9. The Morgan fingerprint density at radius 3 is 2.40 bits per heavy atom. The summed E-state index contributed by atoms with van der Waals surface area (Å²) in [6.45, 7) is 5.89. The van der Waals surface area contributed by atoms with Crippen LogP contribution in [0.4, 0.5) is 5.69 Å². The van der Waals surface area contributed by atoms with Crippen LogP contribution < -0.4 is 9.62 Å². The van der Waals surface area contributed by atoms with Crippen LogP contribution in [0.25, 0.3) is 0 Å². The van der Waals surface area contributed by atoms with E-state index in [1.807, 2.05) is 0 Å². The van der Waals surface area contributed by atoms with E-state index in [2.05, 4.69) is 17.1 Å². The second-order valence-electron chi connectivity index (χ2n) is 6.88. The Morgan fingerprint density at radius 1 is 1.16 bits per heavy atom. The van der Waals surface area contributed by atoms with Gasteiger partial charge in [-0.2, -0.15) is 0 Å². The van der Waals surface area contributed by atoms with Crippen LogP contribution >= 0.6 is 0 Å². The van der Waals surface area contributed by atoms with Gasteiger partial charge in [-0.25, -0.2) is 8.42 Å². The van der Waals surface area contributed by atoms with Crippen LogP contribution in [0.5, 0.6) is 0 Å². The molecule has 0 aromatic heterocycles. The molecule has 3 rings (SSSR count). The molecule has 0 aliphatic carbocycles. The number of likely N-dealkylation sites (tertiary alicyclic amines) is 1. The fraction of sp³-hybridized carbons (Fsp3) is 0.611. The zero-order valence-electron chi connectivity index (χ0n) is 14.8. The highest BCUT2D eigenvalue weighted by molar-refractivity contribution is 7.93. The third kappa shape index (κ3) is 4.33. The first-order valence-corrected chi connectivity index (χ1v) is 10.7. The number of piperidine rings is 1. The van der Waals surface area contributed by atoms with Crippen molar-refractivity contribution in [2.24, 2.45) is 0 Å². The molecule has 6 nitrogen and oxygen atoms in total. The summed E-state index contributed by atoms with van der Waals surface area (Å²) >= 11 is 0. The van der Waals surface area contributed by atoms with Gasteiger partial charge in [-0.1, -0.05) is 6.92 Å². The van der Waals surface area contributed by atoms with Crippen molar-refractivity contribution in [2.75, 3.05) is 36.2 Å². The minimum atomic E-state index is -3.18. The van der Waals surface area contributed by atoms with Crippen molar-refractivity contribution in [1.82, 2.24) is 10.2 Å². The molecule has 2 heterocycles. The summed E-state index contributed by atoms with van der Waals surface area (Å²) in [6, 6.07) is 7.10. The Bertz CT molecular complexity index is 695. The van der Waals surface area contributed by atoms with Gasteiger partial charge in [0.1, 0.15) is 0 Å². The quantitative estimate of drug-likeness (QED) is 0.864. The normalized spacial score (nSPS) is 21.4. The number of hydrogen-bond donors (Lipinski definition) is 1. The summed E-state index contributed by atoms with van der Waals surface area (Å²) in [5, 5.41) is 3.11. The second kappa shape index (κ2) is 7.74. The molecule has 138 valence electrons. The molecule has 1 aromatic rings. The highest BCUT2D eigenvalue weighted by Crippen LogP contribution is 2.24. The maximum atomic E-state index is 12.4. The highest BCUT2D eigenvalue weighted by atomic mass is 32.2. The Balaban J connectivity index is 1.56. The molecule has 25 heavy (non-hydrogen) atoms. The van der Waals surface area contributed by atoms with Crippen molar-refractivity contribution in [3.8, 4) is 0 Å². The molecule has 0 unspecified atom stereocenters. The minimum absolute atomic E-state index is 0.0789. The van der Waals surface area contributed by atoms with E-state index in [1.165, 1.54) is 4.31 Å². The van der Waals surface area contributed by atoms with Crippen molar-refractivity contribution in [3.63, 3.8) is 0 Å². The number of nitrogens with one attached hydrogen (secondary N) is 1. The molecule has 0 spiro atoms. The average Bonchev–Trinajstić information content (AvgIpc) is 2.96. The van der Waals surface area contributed by atoms with E-state index in [1.54, 1.807) is 24.3 Å². The smallest absolute Gasteiger partial charge is 0.251 e. The third-order valence-corrected chi connectivity index (χ3v) is 6.85. The molecular formula is C18H27N3O3S. The maximum absolute atomic E-state index is 12.4. The standard InChI is InChI=1S/C18H27N3O3S/c1-2-10-20-12-8-16(9-13-20)19-18(22)15-4-6-17(7-5-15)21-11-3-14-25(21,23)24/h4-7,16H,2-3,8-14H2,1H3,(H,19,22). The SMILES string of the molecule is CCCN1CCC(NC(=O)c2ccc(N3CCCS3(=O)=O)cc2)CC1. The molecule has 1 amide bonds. The van der Waals surface area contributed by atoms with E-state index in [4.69, 9.17) is 0 Å². The maximum Gasteiger partial charge on any atom is 0.251 e. The topological polar surface area (TPSA) is 69.7 Å². The van der Waals surface area contributed by atoms with Gasteiger partial charge in [0.2, 0.25) is 10.0 Å². The Morgan fingerprint density at radius 2 is 1.84 bits per heavy atom. The van der Waals surface area contributed by atoms with E-state index in [-0.39, 0.29) is 17.7 Å².